The highest BCUT2D eigenvalue weighted by Gasteiger charge is 2.29. The van der Waals surface area contributed by atoms with Gasteiger partial charge in [-0.15, -0.1) is 0 Å². The fraction of sp³-hybridized carbons (Fsp3) is 0.120. The van der Waals surface area contributed by atoms with E-state index in [1.165, 1.54) is 16.7 Å². The Balaban J connectivity index is 2.26. The van der Waals surface area contributed by atoms with Crippen molar-refractivity contribution in [2.45, 2.75) is 19.3 Å². The Morgan fingerprint density at radius 1 is 0.680 bits per heavy atom. The molecule has 0 N–H and O–H groups in total. The van der Waals surface area contributed by atoms with E-state index in [1.54, 1.807) is 0 Å². The molecular weight excluding hydrogens is 300 g/mol. The third-order valence-corrected chi connectivity index (χ3v) is 4.14. The first-order valence-electron chi connectivity index (χ1n) is 8.56. The highest BCUT2D eigenvalue weighted by atomic mass is 14.3. The van der Waals surface area contributed by atoms with Crippen LogP contribution in [0.2, 0.25) is 0 Å². The Morgan fingerprint density at radius 3 is 1.56 bits per heavy atom. The molecule has 0 heterocycles. The molecule has 0 aliphatic rings. The zero-order chi connectivity index (χ0) is 17.5. The lowest BCUT2D eigenvalue weighted by molar-refractivity contribution is 0.837. The van der Waals surface area contributed by atoms with Crippen molar-refractivity contribution < 1.29 is 0 Å². The van der Waals surface area contributed by atoms with Gasteiger partial charge in [-0.2, -0.15) is 0 Å². The maximum Gasteiger partial charge on any atom is 0.0999 e. The molecule has 3 rings (SSSR count). The Hall–Kier alpha value is -3.04. The summed E-state index contributed by atoms with van der Waals surface area (Å²) in [6.07, 6.45) is 2.27. The van der Waals surface area contributed by atoms with Crippen LogP contribution in [0.1, 0.15) is 30.5 Å². The van der Waals surface area contributed by atoms with E-state index < -0.39 is 5.41 Å². The molecule has 3 aromatic rings. The minimum atomic E-state index is -0.461. The first kappa shape index (κ1) is 16.8. The van der Waals surface area contributed by atoms with E-state index in [2.05, 4.69) is 92.4 Å². The zero-order valence-corrected chi connectivity index (χ0v) is 14.7. The van der Waals surface area contributed by atoms with Crippen molar-refractivity contribution >= 4 is 0 Å². The molecule has 3 aromatic carbocycles. The minimum absolute atomic E-state index is 0.461. The van der Waals surface area contributed by atoms with E-state index in [1.807, 2.05) is 30.3 Å². The van der Waals surface area contributed by atoms with Crippen molar-refractivity contribution in [3.8, 4) is 11.8 Å². The van der Waals surface area contributed by atoms with Crippen LogP contribution in [0.5, 0.6) is 0 Å². The van der Waals surface area contributed by atoms with Gasteiger partial charge < -0.3 is 0 Å². The van der Waals surface area contributed by atoms with E-state index in [0.717, 1.165) is 5.56 Å². The molecule has 0 saturated heterocycles. The quantitative estimate of drug-likeness (QED) is 0.410. The number of hydrogen-bond acceptors (Lipinski definition) is 0. The van der Waals surface area contributed by atoms with Crippen LogP contribution in [0.15, 0.2) is 103 Å². The summed E-state index contributed by atoms with van der Waals surface area (Å²) < 4.78 is 0. The van der Waals surface area contributed by atoms with E-state index >= 15 is 0 Å². The van der Waals surface area contributed by atoms with Crippen LogP contribution in [0, 0.1) is 11.8 Å². The van der Waals surface area contributed by atoms with Crippen molar-refractivity contribution in [1.29, 1.82) is 0 Å². The van der Waals surface area contributed by atoms with Crippen LogP contribution in [0.3, 0.4) is 0 Å². The molecule has 0 bridgehead atoms. The maximum atomic E-state index is 3.59. The fourth-order valence-electron chi connectivity index (χ4n) is 3.04. The molecule has 0 nitrogen and oxygen atoms in total. The summed E-state index contributed by atoms with van der Waals surface area (Å²) in [7, 11) is 0. The van der Waals surface area contributed by atoms with E-state index in [4.69, 9.17) is 0 Å². The lowest BCUT2D eigenvalue weighted by Gasteiger charge is -2.27. The second-order valence-electron chi connectivity index (χ2n) is 6.38. The molecular formula is C25H22. The lowest BCUT2D eigenvalue weighted by Crippen LogP contribution is -2.23. The predicted molar refractivity (Wildman–Crippen MR) is 106 cm³/mol. The normalized spacial score (nSPS) is 10.5. The van der Waals surface area contributed by atoms with Gasteiger partial charge in [-0.25, -0.2) is 0 Å². The molecule has 122 valence electrons. The molecule has 0 spiro atoms. The van der Waals surface area contributed by atoms with Crippen molar-refractivity contribution in [1.82, 2.24) is 0 Å². The summed E-state index contributed by atoms with van der Waals surface area (Å²) in [5.41, 5.74) is 4.18. The average Bonchev–Trinajstić information content (AvgIpc) is 2.67. The van der Waals surface area contributed by atoms with Gasteiger partial charge in [0.05, 0.1) is 5.41 Å². The molecule has 0 aliphatic carbocycles. The van der Waals surface area contributed by atoms with Crippen molar-refractivity contribution in [2.75, 3.05) is 0 Å². The molecule has 0 radical (unpaired) electrons. The SMILES string of the molecule is CC(C)=CC(C#Cc1ccccc1)(c1ccccc1)c1ccccc1. The highest BCUT2D eigenvalue weighted by Crippen LogP contribution is 2.34. The van der Waals surface area contributed by atoms with Crippen LogP contribution in [0.4, 0.5) is 0 Å². The van der Waals surface area contributed by atoms with Crippen LogP contribution in [-0.4, -0.2) is 0 Å². The Kier molecular flexibility index (Phi) is 5.17. The van der Waals surface area contributed by atoms with Crippen molar-refractivity contribution in [2.24, 2.45) is 0 Å². The van der Waals surface area contributed by atoms with Gasteiger partial charge in [0, 0.05) is 5.56 Å². The van der Waals surface area contributed by atoms with Crippen LogP contribution in [0.25, 0.3) is 0 Å². The first-order valence-corrected chi connectivity index (χ1v) is 8.56. The number of rotatable bonds is 3. The number of benzene rings is 3. The summed E-state index contributed by atoms with van der Waals surface area (Å²) in [4.78, 5) is 0. The van der Waals surface area contributed by atoms with Gasteiger partial charge in [0.2, 0.25) is 0 Å². The third kappa shape index (κ3) is 3.90. The highest BCUT2D eigenvalue weighted by molar-refractivity contribution is 5.55. The summed E-state index contributed by atoms with van der Waals surface area (Å²) in [5.74, 6) is 6.98. The van der Waals surface area contributed by atoms with Gasteiger partial charge in [-0.1, -0.05) is 102 Å². The van der Waals surface area contributed by atoms with Crippen LogP contribution >= 0.6 is 0 Å². The van der Waals surface area contributed by atoms with Gasteiger partial charge >= 0.3 is 0 Å². The standard InChI is InChI=1S/C25H22/c1-21(2)20-25(23-14-8-4-9-15-23,24-16-10-5-11-17-24)19-18-22-12-6-3-7-13-22/h3-17,20H,1-2H3. The summed E-state index contributed by atoms with van der Waals surface area (Å²) in [6.45, 7) is 4.26. The molecule has 0 aromatic heterocycles. The van der Waals surface area contributed by atoms with Crippen LogP contribution in [-0.2, 0) is 5.41 Å². The topological polar surface area (TPSA) is 0 Å². The Morgan fingerprint density at radius 2 is 1.12 bits per heavy atom. The monoisotopic (exact) mass is 322 g/mol. The summed E-state index contributed by atoms with van der Waals surface area (Å²) >= 11 is 0. The second kappa shape index (κ2) is 7.69. The molecule has 0 atom stereocenters. The van der Waals surface area contributed by atoms with Gasteiger partial charge in [-0.3, -0.25) is 0 Å². The molecule has 0 aliphatic heterocycles. The molecule has 0 saturated carbocycles. The second-order valence-corrected chi connectivity index (χ2v) is 6.38. The molecule has 25 heavy (non-hydrogen) atoms. The molecule has 0 amide bonds. The number of allylic oxidation sites excluding steroid dienone is 2. The van der Waals surface area contributed by atoms with Gasteiger partial charge in [0.25, 0.3) is 0 Å². The fourth-order valence-corrected chi connectivity index (χ4v) is 3.04. The molecule has 0 heteroatoms. The van der Waals surface area contributed by atoms with E-state index in [0.29, 0.717) is 0 Å². The Bertz CT molecular complexity index is 848. The maximum absolute atomic E-state index is 3.59. The largest absolute Gasteiger partial charge is 0.0999 e. The Labute approximate surface area is 150 Å². The van der Waals surface area contributed by atoms with E-state index in [9.17, 15) is 0 Å². The van der Waals surface area contributed by atoms with Crippen molar-refractivity contribution in [3.63, 3.8) is 0 Å². The van der Waals surface area contributed by atoms with Crippen molar-refractivity contribution in [3.05, 3.63) is 119 Å². The first-order chi connectivity index (χ1) is 12.2. The summed E-state index contributed by atoms with van der Waals surface area (Å²) in [5, 5.41) is 0. The third-order valence-electron chi connectivity index (χ3n) is 4.14. The van der Waals surface area contributed by atoms with Gasteiger partial charge in [0.1, 0.15) is 0 Å². The minimum Gasteiger partial charge on any atom is -0.0782 e. The molecule has 0 unspecified atom stereocenters. The lowest BCUT2D eigenvalue weighted by atomic mass is 9.74. The molecule has 0 fully saturated rings. The van der Waals surface area contributed by atoms with Gasteiger partial charge in [-0.05, 0) is 37.1 Å². The zero-order valence-electron chi connectivity index (χ0n) is 14.7. The van der Waals surface area contributed by atoms with Gasteiger partial charge in [0.15, 0.2) is 0 Å². The van der Waals surface area contributed by atoms with Crippen LogP contribution < -0.4 is 0 Å². The predicted octanol–water partition coefficient (Wildman–Crippen LogP) is 5.99. The smallest absolute Gasteiger partial charge is 0.0782 e. The number of hydrogen-bond donors (Lipinski definition) is 0. The summed E-state index contributed by atoms with van der Waals surface area (Å²) in [6, 6.07) is 31.2. The average molecular weight is 322 g/mol. The van der Waals surface area contributed by atoms with E-state index in [-0.39, 0.29) is 0 Å².